The highest BCUT2D eigenvalue weighted by molar-refractivity contribution is 5.92. The van der Waals surface area contributed by atoms with E-state index in [0.717, 1.165) is 37.1 Å². The zero-order chi connectivity index (χ0) is 50.8. The van der Waals surface area contributed by atoms with Crippen molar-refractivity contribution in [2.45, 2.75) is 170 Å². The number of likely N-dealkylation sites (tertiary alicyclic amines) is 1. The maximum absolute atomic E-state index is 13.0. The van der Waals surface area contributed by atoms with E-state index in [1.54, 1.807) is 29.6 Å². The number of carbonyl (C=O) groups is 7. The monoisotopic (exact) mass is 934 g/mol. The maximum Gasteiger partial charge on any atom is 0.243 e. The van der Waals surface area contributed by atoms with Crippen LogP contribution in [0.4, 0.5) is 0 Å². The molecule has 3 aliphatic heterocycles. The van der Waals surface area contributed by atoms with E-state index in [1.165, 1.54) is 50.3 Å². The molecule has 1 spiro atoms. The molecule has 3 unspecified atom stereocenters. The highest BCUT2D eigenvalue weighted by Crippen LogP contribution is 2.45. The van der Waals surface area contributed by atoms with Crippen molar-refractivity contribution in [1.82, 2.24) is 45.9 Å². The number of nitrogens with one attached hydrogen (secondary N) is 4. The standard InChI is InChI=1S/C20H28N4O4.C9H18N2O2.C9H13NO.C6H12.C5H6N2.C2H6/c1-4-7-15(14(3)26)21-18(27)17-11-20(12-22(17)13-25)23-10-6-8-16(23)19(28)24(20)9-5-2;1-7(9(2,3)4)11-8(13)5-10-6-12;1-3-5-6-9(4-2)7-10-8-11;1-2-4-6-5-3-1;1-5-4-6-2-3-7-5;1-2/h2,13,15-17H,4,6-12H2,1,3H3,(H,21,27);6-7H,5H2,1-4H3,(H,10,12)(H,11,13);3-6,8H,1,7H2,2H3,(H,10,11);1-6H2;2-4H,1H3;1-2H3/b;;6-5-,9-4+;;;/t15?,16-,17-,20?;;;;;/m0...../s1. The molecule has 4 aliphatic rings. The second kappa shape index (κ2) is 34.6. The number of nitrogens with zero attached hydrogens (tertiary/aromatic N) is 5. The Bertz CT molecular complexity index is 1740. The molecule has 1 saturated carbocycles. The summed E-state index contributed by atoms with van der Waals surface area (Å²) in [6.07, 6.45) is 32.1. The summed E-state index contributed by atoms with van der Waals surface area (Å²) in [5.41, 5.74) is 1.32. The quantitative estimate of drug-likeness (QED) is 0.0921. The summed E-state index contributed by atoms with van der Waals surface area (Å²) in [6, 6.07) is -1.43. The molecule has 5 atom stereocenters. The molecule has 5 rings (SSSR count). The number of allylic oxidation sites excluding steroid dienone is 3. The Labute approximate surface area is 402 Å². The number of aryl methyl sites for hydroxylation is 1. The second-order valence-electron chi connectivity index (χ2n) is 17.5. The molecule has 0 bridgehead atoms. The Morgan fingerprint density at radius 2 is 1.61 bits per heavy atom. The van der Waals surface area contributed by atoms with Crippen molar-refractivity contribution in [2.75, 3.05) is 32.7 Å². The number of hydrogen-bond acceptors (Lipinski definition) is 10. The number of hydrogen-bond donors (Lipinski definition) is 4. The van der Waals surface area contributed by atoms with E-state index in [9.17, 15) is 33.6 Å². The van der Waals surface area contributed by atoms with Gasteiger partial charge in [0.1, 0.15) is 11.7 Å². The normalized spacial score (nSPS) is 20.3. The first-order valence-electron chi connectivity index (χ1n) is 23.8. The van der Waals surface area contributed by atoms with Crippen molar-refractivity contribution in [3.05, 3.63) is 60.7 Å². The van der Waals surface area contributed by atoms with Gasteiger partial charge in [0, 0.05) is 44.1 Å². The molecule has 1 aromatic rings. The van der Waals surface area contributed by atoms with Gasteiger partial charge in [-0.15, -0.1) is 6.42 Å². The Morgan fingerprint density at radius 1 is 1.00 bits per heavy atom. The molecule has 374 valence electrons. The Morgan fingerprint density at radius 3 is 2.06 bits per heavy atom. The largest absolute Gasteiger partial charge is 0.355 e. The topological polar surface area (TPSA) is 203 Å². The average Bonchev–Trinajstić information content (AvgIpc) is 4.03. The molecule has 6 amide bonds. The minimum absolute atomic E-state index is 0.0186. The summed E-state index contributed by atoms with van der Waals surface area (Å²) >= 11 is 0. The molecular weight excluding hydrogens is 851 g/mol. The van der Waals surface area contributed by atoms with Crippen molar-refractivity contribution < 1.29 is 33.6 Å². The molecule has 0 radical (unpaired) electrons. The van der Waals surface area contributed by atoms with E-state index in [0.29, 0.717) is 38.6 Å². The minimum atomic E-state index is -0.746. The lowest BCUT2D eigenvalue weighted by molar-refractivity contribution is -0.133. The number of Topliss-reactive ketones (excluding diaryl/α,β-unsaturated/α-hetero) is 1. The number of rotatable bonds is 16. The van der Waals surface area contributed by atoms with Crippen molar-refractivity contribution in [3.63, 3.8) is 0 Å². The van der Waals surface area contributed by atoms with Gasteiger partial charge in [0.15, 0.2) is 5.78 Å². The van der Waals surface area contributed by atoms with Gasteiger partial charge in [-0.3, -0.25) is 48.4 Å². The van der Waals surface area contributed by atoms with E-state index < -0.39 is 17.7 Å². The van der Waals surface area contributed by atoms with Gasteiger partial charge in [-0.2, -0.15) is 0 Å². The Kier molecular flexibility index (Phi) is 31.7. The van der Waals surface area contributed by atoms with Crippen LogP contribution < -0.4 is 21.3 Å². The fourth-order valence-corrected chi connectivity index (χ4v) is 7.65. The number of aromatic nitrogens is 2. The minimum Gasteiger partial charge on any atom is -0.355 e. The van der Waals surface area contributed by atoms with Crippen LogP contribution in [0.3, 0.4) is 0 Å². The first-order chi connectivity index (χ1) is 32.0. The molecular formula is C51H83N9O7. The van der Waals surface area contributed by atoms with Gasteiger partial charge in [-0.1, -0.05) is 123 Å². The number of terminal acetylenes is 1. The summed E-state index contributed by atoms with van der Waals surface area (Å²) in [4.78, 5) is 93.4. The van der Waals surface area contributed by atoms with Crippen LogP contribution in [-0.2, 0) is 33.6 Å². The summed E-state index contributed by atoms with van der Waals surface area (Å²) in [5.74, 6) is 1.91. The van der Waals surface area contributed by atoms with E-state index in [1.807, 2.05) is 80.5 Å². The van der Waals surface area contributed by atoms with Crippen LogP contribution in [0.25, 0.3) is 0 Å². The Balaban J connectivity index is 0.000000924. The SMILES string of the molecule is C#CCN1C(=O)[C@@H]2CCCN2C12C[C@@H](C(=O)NC(CCC)C(C)=O)N(C=O)C2.C1CCCCC1.C=C/C=C\C(=C/C)CNC=O.CC.CC(NC(=O)CNC=O)C(C)(C)C.Cc1cnccn1. The zero-order valence-corrected chi connectivity index (χ0v) is 42.3. The number of ketones is 1. The van der Waals surface area contributed by atoms with Gasteiger partial charge in [-0.25, -0.2) is 0 Å². The predicted octanol–water partition coefficient (Wildman–Crippen LogP) is 5.58. The predicted molar refractivity (Wildman–Crippen MR) is 266 cm³/mol. The fourth-order valence-electron chi connectivity index (χ4n) is 7.65. The molecule has 0 aromatic carbocycles. The molecule has 4 heterocycles. The van der Waals surface area contributed by atoms with Crippen LogP contribution in [0.15, 0.2) is 55.0 Å². The first-order valence-corrected chi connectivity index (χ1v) is 23.8. The van der Waals surface area contributed by atoms with Crippen molar-refractivity contribution in [3.8, 4) is 12.3 Å². The average molecular weight is 934 g/mol. The number of carbonyl (C=O) groups excluding carboxylic acids is 7. The van der Waals surface area contributed by atoms with E-state index in [2.05, 4.69) is 48.6 Å². The van der Waals surface area contributed by atoms with Crippen LogP contribution in [0, 0.1) is 24.7 Å². The summed E-state index contributed by atoms with van der Waals surface area (Å²) in [6.45, 7) is 24.6. The zero-order valence-electron chi connectivity index (χ0n) is 42.3. The van der Waals surface area contributed by atoms with E-state index in [4.69, 9.17) is 6.42 Å². The molecule has 1 aliphatic carbocycles. The second-order valence-corrected chi connectivity index (χ2v) is 17.5. The van der Waals surface area contributed by atoms with Gasteiger partial charge in [0.25, 0.3) is 0 Å². The van der Waals surface area contributed by atoms with Crippen LogP contribution in [0.5, 0.6) is 0 Å². The van der Waals surface area contributed by atoms with Gasteiger partial charge >= 0.3 is 0 Å². The molecule has 4 fully saturated rings. The molecule has 16 heteroatoms. The van der Waals surface area contributed by atoms with Crippen LogP contribution in [0.2, 0.25) is 0 Å². The van der Waals surface area contributed by atoms with Crippen LogP contribution >= 0.6 is 0 Å². The lowest BCUT2D eigenvalue weighted by Crippen LogP contribution is -2.56. The Hall–Kier alpha value is -5.69. The number of amides is 6. The van der Waals surface area contributed by atoms with Crippen molar-refractivity contribution in [2.24, 2.45) is 5.41 Å². The van der Waals surface area contributed by atoms with Gasteiger partial charge in [-0.05, 0) is 57.9 Å². The lowest BCUT2D eigenvalue weighted by atomic mass is 9.88. The smallest absolute Gasteiger partial charge is 0.243 e. The molecule has 67 heavy (non-hydrogen) atoms. The molecule has 4 N–H and O–H groups in total. The maximum atomic E-state index is 13.0. The third-order valence-electron chi connectivity index (χ3n) is 11.7. The van der Waals surface area contributed by atoms with Crippen molar-refractivity contribution >= 4 is 42.7 Å². The molecule has 3 saturated heterocycles. The van der Waals surface area contributed by atoms with Crippen LogP contribution in [0.1, 0.15) is 139 Å². The third-order valence-corrected chi connectivity index (χ3v) is 11.7. The van der Waals surface area contributed by atoms with E-state index in [-0.39, 0.29) is 60.6 Å². The van der Waals surface area contributed by atoms with E-state index >= 15 is 0 Å². The molecule has 16 nitrogen and oxygen atoms in total. The number of fused-ring (bicyclic) bond motifs is 2. The lowest BCUT2D eigenvalue weighted by Gasteiger charge is -2.39. The van der Waals surface area contributed by atoms with Crippen LogP contribution in [-0.4, -0.2) is 130 Å². The van der Waals surface area contributed by atoms with Gasteiger partial charge < -0.3 is 31.1 Å². The van der Waals surface area contributed by atoms with Gasteiger partial charge in [0.05, 0.1) is 37.4 Å². The molecule has 1 aromatic heterocycles. The third kappa shape index (κ3) is 22.1. The fraction of sp³-hybridized carbons (Fsp3) is 0.627. The van der Waals surface area contributed by atoms with Gasteiger partial charge in [0.2, 0.25) is 37.0 Å². The summed E-state index contributed by atoms with van der Waals surface area (Å²) in [7, 11) is 0. The highest BCUT2D eigenvalue weighted by Gasteiger charge is 2.63. The summed E-state index contributed by atoms with van der Waals surface area (Å²) < 4.78 is 0. The summed E-state index contributed by atoms with van der Waals surface area (Å²) in [5, 5.41) is 10.5. The highest BCUT2D eigenvalue weighted by atomic mass is 16.2. The van der Waals surface area contributed by atoms with Crippen molar-refractivity contribution in [1.29, 1.82) is 0 Å². The first kappa shape index (κ1) is 61.3.